The van der Waals surface area contributed by atoms with Crippen LogP contribution < -0.4 is 16.4 Å². The van der Waals surface area contributed by atoms with Gasteiger partial charge in [-0.1, -0.05) is 0 Å². The van der Waals surface area contributed by atoms with E-state index in [1.54, 1.807) is 0 Å². The molecular formula is C13H25ClN4O2S. The second kappa shape index (κ2) is 9.38. The lowest BCUT2D eigenvalue weighted by Crippen LogP contribution is -2.52. The Bertz CT molecular complexity index is 353. The number of carbonyl (C=O) groups is 2. The molecule has 0 aliphatic carbocycles. The average Bonchev–Trinajstić information content (AvgIpc) is 2.46. The SMILES string of the molecule is Cl.NC(=O)NCC1CCCCN1C(=O)CC1CSCCN1. The zero-order chi connectivity index (χ0) is 14.4. The number of nitrogens with zero attached hydrogens (tertiary/aromatic N) is 1. The largest absolute Gasteiger partial charge is 0.352 e. The summed E-state index contributed by atoms with van der Waals surface area (Å²) in [5.74, 6) is 2.32. The Kier molecular flexibility index (Phi) is 8.21. The van der Waals surface area contributed by atoms with Crippen LogP contribution >= 0.6 is 24.2 Å². The van der Waals surface area contributed by atoms with Crippen molar-refractivity contribution >= 4 is 36.1 Å². The zero-order valence-corrected chi connectivity index (χ0v) is 13.8. The van der Waals surface area contributed by atoms with E-state index in [1.807, 2.05) is 16.7 Å². The fraction of sp³-hybridized carbons (Fsp3) is 0.846. The predicted octanol–water partition coefficient (Wildman–Crippen LogP) is 0.553. The van der Waals surface area contributed by atoms with Crippen LogP contribution in [0.4, 0.5) is 4.79 Å². The van der Waals surface area contributed by atoms with Crippen LogP contribution in [0.1, 0.15) is 25.7 Å². The average molecular weight is 337 g/mol. The van der Waals surface area contributed by atoms with Gasteiger partial charge in [-0.2, -0.15) is 11.8 Å². The van der Waals surface area contributed by atoms with Crippen molar-refractivity contribution in [1.82, 2.24) is 15.5 Å². The van der Waals surface area contributed by atoms with E-state index in [1.165, 1.54) is 0 Å². The van der Waals surface area contributed by atoms with Gasteiger partial charge in [0.15, 0.2) is 0 Å². The lowest BCUT2D eigenvalue weighted by molar-refractivity contribution is -0.135. The first kappa shape index (κ1) is 18.4. The van der Waals surface area contributed by atoms with Crippen LogP contribution in [0.2, 0.25) is 0 Å². The third-order valence-electron chi connectivity index (χ3n) is 3.88. The number of primary amides is 1. The zero-order valence-electron chi connectivity index (χ0n) is 12.2. The van der Waals surface area contributed by atoms with E-state index in [9.17, 15) is 9.59 Å². The van der Waals surface area contributed by atoms with Gasteiger partial charge in [0.2, 0.25) is 5.91 Å². The molecule has 0 spiro atoms. The molecule has 0 radical (unpaired) electrons. The summed E-state index contributed by atoms with van der Waals surface area (Å²) in [5.41, 5.74) is 5.11. The first-order valence-corrected chi connectivity index (χ1v) is 8.46. The summed E-state index contributed by atoms with van der Waals surface area (Å²) in [5, 5.41) is 6.03. The molecule has 122 valence electrons. The summed E-state index contributed by atoms with van der Waals surface area (Å²) in [6, 6.07) is -0.138. The summed E-state index contributed by atoms with van der Waals surface area (Å²) < 4.78 is 0. The minimum absolute atomic E-state index is 0. The van der Waals surface area contributed by atoms with E-state index < -0.39 is 6.03 Å². The van der Waals surface area contributed by atoms with Crippen molar-refractivity contribution in [3.05, 3.63) is 0 Å². The Morgan fingerprint density at radius 1 is 1.38 bits per heavy atom. The number of likely N-dealkylation sites (tertiary alicyclic amines) is 1. The van der Waals surface area contributed by atoms with E-state index in [4.69, 9.17) is 5.73 Å². The molecule has 0 saturated carbocycles. The van der Waals surface area contributed by atoms with Crippen molar-refractivity contribution in [3.8, 4) is 0 Å². The molecule has 2 aliphatic heterocycles. The molecule has 0 aromatic carbocycles. The maximum atomic E-state index is 12.5. The van der Waals surface area contributed by atoms with Crippen molar-refractivity contribution < 1.29 is 9.59 Å². The second-order valence-electron chi connectivity index (χ2n) is 5.41. The Hall–Kier alpha value is -0.660. The van der Waals surface area contributed by atoms with Crippen molar-refractivity contribution in [2.75, 3.05) is 31.1 Å². The molecule has 2 atom stereocenters. The molecule has 0 aromatic rings. The molecule has 0 aromatic heterocycles. The lowest BCUT2D eigenvalue weighted by Gasteiger charge is -2.37. The van der Waals surface area contributed by atoms with Crippen LogP contribution in [-0.4, -0.2) is 60.1 Å². The maximum Gasteiger partial charge on any atom is 0.312 e. The van der Waals surface area contributed by atoms with Crippen LogP contribution in [-0.2, 0) is 4.79 Å². The van der Waals surface area contributed by atoms with Crippen LogP contribution in [0, 0.1) is 0 Å². The van der Waals surface area contributed by atoms with Crippen molar-refractivity contribution in [2.24, 2.45) is 5.73 Å². The highest BCUT2D eigenvalue weighted by atomic mass is 35.5. The third kappa shape index (κ3) is 5.92. The molecule has 8 heteroatoms. The lowest BCUT2D eigenvalue weighted by atomic mass is 10.0. The number of halogens is 1. The van der Waals surface area contributed by atoms with Gasteiger partial charge in [-0.05, 0) is 19.3 Å². The van der Waals surface area contributed by atoms with Crippen molar-refractivity contribution in [2.45, 2.75) is 37.8 Å². The number of hydrogen-bond acceptors (Lipinski definition) is 4. The number of rotatable bonds is 4. The Labute approximate surface area is 136 Å². The summed E-state index contributed by atoms with van der Waals surface area (Å²) in [4.78, 5) is 25.2. The second-order valence-corrected chi connectivity index (χ2v) is 6.56. The number of hydrogen-bond donors (Lipinski definition) is 3. The first-order valence-electron chi connectivity index (χ1n) is 7.30. The van der Waals surface area contributed by atoms with Gasteiger partial charge in [0.1, 0.15) is 0 Å². The molecule has 2 saturated heterocycles. The summed E-state index contributed by atoms with van der Waals surface area (Å²) in [6.07, 6.45) is 3.65. The smallest absolute Gasteiger partial charge is 0.312 e. The van der Waals surface area contributed by atoms with Crippen molar-refractivity contribution in [1.29, 1.82) is 0 Å². The molecule has 2 fully saturated rings. The highest BCUT2D eigenvalue weighted by Gasteiger charge is 2.28. The number of carbonyl (C=O) groups excluding carboxylic acids is 2. The highest BCUT2D eigenvalue weighted by Crippen LogP contribution is 2.19. The molecule has 2 unspecified atom stereocenters. The molecule has 0 bridgehead atoms. The number of amides is 3. The molecule has 21 heavy (non-hydrogen) atoms. The van der Waals surface area contributed by atoms with Gasteiger partial charge in [0.25, 0.3) is 0 Å². The predicted molar refractivity (Wildman–Crippen MR) is 87.9 cm³/mol. The number of piperidine rings is 1. The fourth-order valence-electron chi connectivity index (χ4n) is 2.84. The number of nitrogens with one attached hydrogen (secondary N) is 2. The van der Waals surface area contributed by atoms with Crippen LogP contribution in [0.5, 0.6) is 0 Å². The van der Waals surface area contributed by atoms with Gasteiger partial charge in [-0.25, -0.2) is 4.79 Å². The van der Waals surface area contributed by atoms with Gasteiger partial charge >= 0.3 is 6.03 Å². The number of nitrogens with two attached hydrogens (primary N) is 1. The molecule has 2 rings (SSSR count). The standard InChI is InChI=1S/C13H24N4O2S.ClH/c14-13(19)16-8-11-3-1-2-5-17(11)12(18)7-10-9-20-6-4-15-10;/h10-11,15H,1-9H2,(H3,14,16,19);1H. The summed E-state index contributed by atoms with van der Waals surface area (Å²) >= 11 is 1.90. The molecule has 4 N–H and O–H groups in total. The molecule has 2 aliphatic rings. The Morgan fingerprint density at radius 2 is 2.19 bits per heavy atom. The summed E-state index contributed by atoms with van der Waals surface area (Å²) in [6.45, 7) is 2.24. The van der Waals surface area contributed by atoms with Gasteiger partial charge in [-0.3, -0.25) is 4.79 Å². The fourth-order valence-corrected chi connectivity index (χ4v) is 3.79. The highest BCUT2D eigenvalue weighted by molar-refractivity contribution is 7.99. The normalized spacial score (nSPS) is 25.8. The van der Waals surface area contributed by atoms with E-state index in [0.717, 1.165) is 43.9 Å². The maximum absolute atomic E-state index is 12.5. The van der Waals surface area contributed by atoms with Crippen LogP contribution in [0.15, 0.2) is 0 Å². The van der Waals surface area contributed by atoms with E-state index >= 15 is 0 Å². The number of thioether (sulfide) groups is 1. The minimum atomic E-state index is -0.520. The Balaban J connectivity index is 0.00000220. The Morgan fingerprint density at radius 3 is 2.86 bits per heavy atom. The first-order chi connectivity index (χ1) is 9.66. The topological polar surface area (TPSA) is 87.5 Å². The van der Waals surface area contributed by atoms with Crippen molar-refractivity contribution in [3.63, 3.8) is 0 Å². The molecule has 3 amide bonds. The van der Waals surface area contributed by atoms with E-state index in [2.05, 4.69) is 10.6 Å². The van der Waals surface area contributed by atoms with Crippen LogP contribution in [0.25, 0.3) is 0 Å². The third-order valence-corrected chi connectivity index (χ3v) is 5.01. The van der Waals surface area contributed by atoms with Gasteiger partial charge < -0.3 is 21.3 Å². The van der Waals surface area contributed by atoms with Gasteiger partial charge in [-0.15, -0.1) is 12.4 Å². The minimum Gasteiger partial charge on any atom is -0.352 e. The van der Waals surface area contributed by atoms with Gasteiger partial charge in [0, 0.05) is 49.6 Å². The molecule has 6 nitrogen and oxygen atoms in total. The number of urea groups is 1. The molecule has 2 heterocycles. The van der Waals surface area contributed by atoms with E-state index in [0.29, 0.717) is 13.0 Å². The monoisotopic (exact) mass is 336 g/mol. The quantitative estimate of drug-likeness (QED) is 0.699. The summed E-state index contributed by atoms with van der Waals surface area (Å²) in [7, 11) is 0. The molecular weight excluding hydrogens is 312 g/mol. The van der Waals surface area contributed by atoms with Gasteiger partial charge in [0.05, 0.1) is 0 Å². The van der Waals surface area contributed by atoms with E-state index in [-0.39, 0.29) is 30.4 Å². The van der Waals surface area contributed by atoms with Crippen LogP contribution in [0.3, 0.4) is 0 Å².